The fourth-order valence-electron chi connectivity index (χ4n) is 2.73. The van der Waals surface area contributed by atoms with Crippen molar-refractivity contribution in [3.8, 4) is 5.75 Å². The molecule has 142 valence electrons. The highest BCUT2D eigenvalue weighted by molar-refractivity contribution is 5.85. The molecule has 0 unspecified atom stereocenters. The minimum Gasteiger partial charge on any atom is -0.494 e. The van der Waals surface area contributed by atoms with Crippen LogP contribution in [0.1, 0.15) is 24.5 Å². The first-order valence-electron chi connectivity index (χ1n) is 9.14. The Morgan fingerprint density at radius 2 is 2.23 bits per heavy atom. The molecule has 1 aromatic rings. The molecule has 1 N–H and O–H groups in total. The summed E-state index contributed by atoms with van der Waals surface area (Å²) in [6, 6.07) is 6.30. The van der Waals surface area contributed by atoms with Crippen LogP contribution in [0.5, 0.6) is 5.75 Å². The molecule has 0 saturated carbocycles. The van der Waals surface area contributed by atoms with Crippen molar-refractivity contribution in [2.75, 3.05) is 40.3 Å². The number of rotatable bonds is 7. The molecule has 0 aliphatic carbocycles. The normalized spacial score (nSPS) is 13.8. The van der Waals surface area contributed by atoms with Crippen LogP contribution < -0.4 is 10.1 Å². The van der Waals surface area contributed by atoms with Gasteiger partial charge in [0.25, 0.3) is 0 Å². The molecule has 6 nitrogen and oxygen atoms in total. The lowest BCUT2D eigenvalue weighted by atomic mass is 9.99. The number of guanidine groups is 1. The van der Waals surface area contributed by atoms with Crippen molar-refractivity contribution in [2.45, 2.75) is 26.3 Å². The first-order valence-corrected chi connectivity index (χ1v) is 9.14. The largest absolute Gasteiger partial charge is 0.494 e. The average Bonchev–Trinajstić information content (AvgIpc) is 2.65. The highest BCUT2D eigenvalue weighted by Gasteiger charge is 2.20. The fourth-order valence-corrected chi connectivity index (χ4v) is 2.73. The highest BCUT2D eigenvalue weighted by Crippen LogP contribution is 2.24. The van der Waals surface area contributed by atoms with E-state index in [2.05, 4.69) is 40.8 Å². The molecule has 0 bridgehead atoms. The number of carbonyl (C=O) groups excluding carboxylic acids is 1. The topological polar surface area (TPSA) is 57.2 Å². The summed E-state index contributed by atoms with van der Waals surface area (Å²) >= 11 is 0. The lowest BCUT2D eigenvalue weighted by Crippen LogP contribution is -2.44. The minimum absolute atomic E-state index is 0.0157. The first kappa shape index (κ1) is 19.8. The molecule has 26 heavy (non-hydrogen) atoms. The molecule has 1 aliphatic heterocycles. The molecule has 1 aliphatic rings. The van der Waals surface area contributed by atoms with Crippen molar-refractivity contribution in [1.29, 1.82) is 0 Å². The van der Waals surface area contributed by atoms with Gasteiger partial charge in [0.15, 0.2) is 5.96 Å². The second-order valence-electron chi connectivity index (χ2n) is 6.55. The van der Waals surface area contributed by atoms with Gasteiger partial charge in [-0.1, -0.05) is 19.1 Å². The van der Waals surface area contributed by atoms with E-state index in [9.17, 15) is 4.79 Å². The third kappa shape index (κ3) is 5.51. The highest BCUT2D eigenvalue weighted by atomic mass is 16.5. The average molecular weight is 358 g/mol. The SMILES string of the molecule is C=CCNC(=NCC(=O)N(C)C)N1CCc2cc(OCCC)ccc2C1. The van der Waals surface area contributed by atoms with Crippen molar-refractivity contribution in [2.24, 2.45) is 4.99 Å². The van der Waals surface area contributed by atoms with Crippen molar-refractivity contribution >= 4 is 11.9 Å². The molecule has 0 aromatic heterocycles. The minimum atomic E-state index is -0.0157. The van der Waals surface area contributed by atoms with Crippen LogP contribution in [0.25, 0.3) is 0 Å². The number of hydrogen-bond donors (Lipinski definition) is 1. The Morgan fingerprint density at radius 3 is 2.92 bits per heavy atom. The van der Waals surface area contributed by atoms with E-state index in [1.54, 1.807) is 25.1 Å². The van der Waals surface area contributed by atoms with Crippen LogP contribution in [0, 0.1) is 0 Å². The maximum Gasteiger partial charge on any atom is 0.243 e. The zero-order chi connectivity index (χ0) is 18.9. The summed E-state index contributed by atoms with van der Waals surface area (Å²) in [7, 11) is 3.48. The van der Waals surface area contributed by atoms with Crippen molar-refractivity contribution in [1.82, 2.24) is 15.1 Å². The van der Waals surface area contributed by atoms with E-state index in [1.165, 1.54) is 11.1 Å². The fraction of sp³-hybridized carbons (Fsp3) is 0.500. The van der Waals surface area contributed by atoms with Gasteiger partial charge in [-0.3, -0.25) is 4.79 Å². The van der Waals surface area contributed by atoms with Gasteiger partial charge in [0.1, 0.15) is 12.3 Å². The Kier molecular flexibility index (Phi) is 7.51. The molecule has 2 rings (SSSR count). The van der Waals surface area contributed by atoms with Crippen molar-refractivity contribution < 1.29 is 9.53 Å². The summed E-state index contributed by atoms with van der Waals surface area (Å²) in [5, 5.41) is 3.27. The zero-order valence-corrected chi connectivity index (χ0v) is 16.1. The number of hydrogen-bond acceptors (Lipinski definition) is 3. The van der Waals surface area contributed by atoms with E-state index in [0.717, 1.165) is 44.2 Å². The predicted octanol–water partition coefficient (Wildman–Crippen LogP) is 2.05. The van der Waals surface area contributed by atoms with Crippen molar-refractivity contribution in [3.05, 3.63) is 42.0 Å². The third-order valence-corrected chi connectivity index (χ3v) is 4.23. The Balaban J connectivity index is 2.09. The third-order valence-electron chi connectivity index (χ3n) is 4.23. The summed E-state index contributed by atoms with van der Waals surface area (Å²) in [6.07, 6.45) is 3.72. The Hall–Kier alpha value is -2.50. The predicted molar refractivity (Wildman–Crippen MR) is 106 cm³/mol. The van der Waals surface area contributed by atoms with Crippen LogP contribution in [0.15, 0.2) is 35.8 Å². The van der Waals surface area contributed by atoms with E-state index >= 15 is 0 Å². The molecule has 0 fully saturated rings. The van der Waals surface area contributed by atoms with Crippen LogP contribution in [-0.2, 0) is 17.8 Å². The Bertz CT molecular complexity index is 655. The van der Waals surface area contributed by atoms with E-state index in [-0.39, 0.29) is 12.5 Å². The first-order chi connectivity index (χ1) is 12.5. The molecule has 6 heteroatoms. The molecule has 1 heterocycles. The van der Waals surface area contributed by atoms with Gasteiger partial charge in [-0.05, 0) is 36.1 Å². The van der Waals surface area contributed by atoms with Gasteiger partial charge in [-0.2, -0.15) is 0 Å². The molecular weight excluding hydrogens is 328 g/mol. The quantitative estimate of drug-likeness (QED) is 0.460. The number of nitrogens with zero attached hydrogens (tertiary/aromatic N) is 3. The number of nitrogens with one attached hydrogen (secondary N) is 1. The van der Waals surface area contributed by atoms with E-state index in [4.69, 9.17) is 4.74 Å². The summed E-state index contributed by atoms with van der Waals surface area (Å²) in [4.78, 5) is 20.1. The number of benzene rings is 1. The lowest BCUT2D eigenvalue weighted by molar-refractivity contribution is -0.127. The zero-order valence-electron chi connectivity index (χ0n) is 16.1. The second-order valence-corrected chi connectivity index (χ2v) is 6.55. The van der Waals surface area contributed by atoms with Crippen LogP contribution in [-0.4, -0.2) is 62.0 Å². The Morgan fingerprint density at radius 1 is 1.42 bits per heavy atom. The molecular formula is C20H30N4O2. The van der Waals surface area contributed by atoms with Gasteiger partial charge in [0.05, 0.1) is 6.61 Å². The van der Waals surface area contributed by atoms with Crippen molar-refractivity contribution in [3.63, 3.8) is 0 Å². The summed E-state index contributed by atoms with van der Waals surface area (Å²) in [5.41, 5.74) is 2.59. The summed E-state index contributed by atoms with van der Waals surface area (Å²) in [5.74, 6) is 1.67. The smallest absolute Gasteiger partial charge is 0.243 e. The van der Waals surface area contributed by atoms with E-state index in [1.807, 2.05) is 6.07 Å². The molecule has 0 spiro atoms. The molecule has 0 saturated heterocycles. The van der Waals surface area contributed by atoms with E-state index in [0.29, 0.717) is 6.54 Å². The molecule has 0 radical (unpaired) electrons. The van der Waals surface area contributed by atoms with Crippen LogP contribution in [0.4, 0.5) is 0 Å². The standard InChI is InChI=1S/C20H30N4O2/c1-5-10-21-20(22-14-19(25)23(3)4)24-11-9-16-13-18(26-12-6-2)8-7-17(16)15-24/h5,7-8,13H,1,6,9-12,14-15H2,2-4H3,(H,21,22). The molecule has 1 amide bonds. The number of carbonyl (C=O) groups is 1. The second kappa shape index (κ2) is 9.85. The lowest BCUT2D eigenvalue weighted by Gasteiger charge is -2.32. The number of likely N-dealkylation sites (N-methyl/N-ethyl adjacent to an activating group) is 1. The monoisotopic (exact) mass is 358 g/mol. The van der Waals surface area contributed by atoms with E-state index < -0.39 is 0 Å². The van der Waals surface area contributed by atoms with Crippen LogP contribution in [0.2, 0.25) is 0 Å². The summed E-state index contributed by atoms with van der Waals surface area (Å²) < 4.78 is 5.73. The molecule has 0 atom stereocenters. The number of ether oxygens (including phenoxy) is 1. The van der Waals surface area contributed by atoms with Gasteiger partial charge < -0.3 is 19.9 Å². The number of amides is 1. The van der Waals surface area contributed by atoms with Crippen LogP contribution >= 0.6 is 0 Å². The van der Waals surface area contributed by atoms with Gasteiger partial charge in [-0.25, -0.2) is 4.99 Å². The van der Waals surface area contributed by atoms with Gasteiger partial charge in [0.2, 0.25) is 5.91 Å². The van der Waals surface area contributed by atoms with Gasteiger partial charge in [0, 0.05) is 33.7 Å². The van der Waals surface area contributed by atoms with Gasteiger partial charge >= 0.3 is 0 Å². The van der Waals surface area contributed by atoms with Crippen LogP contribution in [0.3, 0.4) is 0 Å². The Labute approximate surface area is 156 Å². The number of fused-ring (bicyclic) bond motifs is 1. The maximum absolute atomic E-state index is 11.9. The molecule has 1 aromatic carbocycles. The van der Waals surface area contributed by atoms with Gasteiger partial charge in [-0.15, -0.1) is 6.58 Å². The summed E-state index contributed by atoms with van der Waals surface area (Å²) in [6.45, 7) is 8.96. The maximum atomic E-state index is 11.9. The number of aliphatic imine (C=N–C) groups is 1.